The lowest BCUT2D eigenvalue weighted by molar-refractivity contribution is 0.480. The summed E-state index contributed by atoms with van der Waals surface area (Å²) in [5, 5.41) is 0. The molecule has 0 bridgehead atoms. The Morgan fingerprint density at radius 3 is 2.62 bits per heavy atom. The summed E-state index contributed by atoms with van der Waals surface area (Å²) in [5.74, 6) is 0.689. The van der Waals surface area contributed by atoms with Crippen LogP contribution in [0.3, 0.4) is 0 Å². The molecule has 1 aromatic rings. The molecule has 0 atom stereocenters. The van der Waals surface area contributed by atoms with Gasteiger partial charge in [-0.05, 0) is 25.8 Å². The molecule has 0 aromatic carbocycles. The Bertz CT molecular complexity index is 350. The van der Waals surface area contributed by atoms with Gasteiger partial charge in [0, 0.05) is 24.8 Å². The van der Waals surface area contributed by atoms with E-state index in [-0.39, 0.29) is 5.63 Å². The molecule has 1 aliphatic heterocycles. The number of aryl methyl sites for hydroxylation is 1. The lowest BCUT2D eigenvalue weighted by Crippen LogP contribution is -2.19. The molecule has 1 aliphatic rings. The zero-order valence-electron chi connectivity index (χ0n) is 7.75. The SMILES string of the molecule is Cc1cc(N2CCCC2)cc(=O)o1. The maximum Gasteiger partial charge on any atom is 0.337 e. The second-order valence-electron chi connectivity index (χ2n) is 3.44. The topological polar surface area (TPSA) is 33.5 Å². The predicted molar refractivity (Wildman–Crippen MR) is 51.2 cm³/mol. The highest BCUT2D eigenvalue weighted by molar-refractivity contribution is 5.46. The van der Waals surface area contributed by atoms with Gasteiger partial charge in [0.2, 0.25) is 0 Å². The van der Waals surface area contributed by atoms with Crippen LogP contribution in [0.5, 0.6) is 0 Å². The van der Waals surface area contributed by atoms with Crippen LogP contribution in [0.25, 0.3) is 0 Å². The van der Waals surface area contributed by atoms with Crippen molar-refractivity contribution in [2.24, 2.45) is 0 Å². The van der Waals surface area contributed by atoms with Crippen LogP contribution in [-0.2, 0) is 0 Å². The predicted octanol–water partition coefficient (Wildman–Crippen LogP) is 1.55. The van der Waals surface area contributed by atoms with Crippen molar-refractivity contribution < 1.29 is 4.42 Å². The minimum absolute atomic E-state index is 0.248. The summed E-state index contributed by atoms with van der Waals surface area (Å²) in [7, 11) is 0. The summed E-state index contributed by atoms with van der Waals surface area (Å²) in [4.78, 5) is 13.3. The molecule has 0 saturated carbocycles. The van der Waals surface area contributed by atoms with E-state index >= 15 is 0 Å². The fourth-order valence-corrected chi connectivity index (χ4v) is 1.75. The van der Waals surface area contributed by atoms with Crippen molar-refractivity contribution in [1.82, 2.24) is 0 Å². The minimum Gasteiger partial charge on any atom is -0.428 e. The summed E-state index contributed by atoms with van der Waals surface area (Å²) in [6.07, 6.45) is 2.44. The first-order valence-electron chi connectivity index (χ1n) is 4.62. The zero-order valence-corrected chi connectivity index (χ0v) is 7.75. The summed E-state index contributed by atoms with van der Waals surface area (Å²) in [6, 6.07) is 3.49. The first kappa shape index (κ1) is 8.35. The summed E-state index contributed by atoms with van der Waals surface area (Å²) in [6.45, 7) is 3.92. The van der Waals surface area contributed by atoms with Crippen molar-refractivity contribution in [2.45, 2.75) is 19.8 Å². The van der Waals surface area contributed by atoms with Gasteiger partial charge in [-0.15, -0.1) is 0 Å². The van der Waals surface area contributed by atoms with Crippen molar-refractivity contribution in [1.29, 1.82) is 0 Å². The third kappa shape index (κ3) is 1.74. The molecular formula is C10H13NO2. The van der Waals surface area contributed by atoms with Crippen LogP contribution in [0, 0.1) is 6.92 Å². The Morgan fingerprint density at radius 2 is 2.00 bits per heavy atom. The maximum atomic E-state index is 11.1. The number of rotatable bonds is 1. The average molecular weight is 179 g/mol. The normalized spacial score (nSPS) is 16.5. The second-order valence-corrected chi connectivity index (χ2v) is 3.44. The van der Waals surface area contributed by atoms with Crippen LogP contribution in [0.4, 0.5) is 5.69 Å². The van der Waals surface area contributed by atoms with E-state index in [1.54, 1.807) is 13.0 Å². The highest BCUT2D eigenvalue weighted by Gasteiger charge is 2.13. The number of anilines is 1. The van der Waals surface area contributed by atoms with Crippen LogP contribution < -0.4 is 10.5 Å². The van der Waals surface area contributed by atoms with Gasteiger partial charge >= 0.3 is 5.63 Å². The maximum absolute atomic E-state index is 11.1. The Labute approximate surface area is 77.0 Å². The van der Waals surface area contributed by atoms with E-state index in [0.717, 1.165) is 18.8 Å². The monoisotopic (exact) mass is 179 g/mol. The lowest BCUT2D eigenvalue weighted by Gasteiger charge is -2.16. The van der Waals surface area contributed by atoms with Crippen LogP contribution in [-0.4, -0.2) is 13.1 Å². The molecule has 1 aromatic heterocycles. The highest BCUT2D eigenvalue weighted by Crippen LogP contribution is 2.18. The van der Waals surface area contributed by atoms with Crippen molar-refractivity contribution in [3.63, 3.8) is 0 Å². The summed E-state index contributed by atoms with van der Waals surface area (Å²) >= 11 is 0. The summed E-state index contributed by atoms with van der Waals surface area (Å²) < 4.78 is 4.90. The van der Waals surface area contributed by atoms with Crippen molar-refractivity contribution >= 4 is 5.69 Å². The molecular weight excluding hydrogens is 166 g/mol. The van der Waals surface area contributed by atoms with Crippen molar-refractivity contribution in [3.8, 4) is 0 Å². The Kier molecular flexibility index (Phi) is 2.08. The van der Waals surface area contributed by atoms with Gasteiger partial charge in [-0.1, -0.05) is 0 Å². The largest absolute Gasteiger partial charge is 0.428 e. The molecule has 0 unspecified atom stereocenters. The quantitative estimate of drug-likeness (QED) is 0.655. The van der Waals surface area contributed by atoms with E-state index in [2.05, 4.69) is 4.90 Å². The highest BCUT2D eigenvalue weighted by atomic mass is 16.4. The third-order valence-electron chi connectivity index (χ3n) is 2.35. The Hall–Kier alpha value is -1.25. The fraction of sp³-hybridized carbons (Fsp3) is 0.500. The molecule has 1 saturated heterocycles. The van der Waals surface area contributed by atoms with E-state index in [9.17, 15) is 4.79 Å². The van der Waals surface area contributed by atoms with Gasteiger partial charge in [-0.3, -0.25) is 0 Å². The summed E-state index contributed by atoms with van der Waals surface area (Å²) in [5.41, 5.74) is 0.758. The second kappa shape index (κ2) is 3.24. The molecule has 0 aliphatic carbocycles. The Balaban J connectivity index is 2.33. The molecule has 13 heavy (non-hydrogen) atoms. The third-order valence-corrected chi connectivity index (χ3v) is 2.35. The minimum atomic E-state index is -0.248. The standard InChI is InChI=1S/C10H13NO2/c1-8-6-9(7-10(12)13-8)11-4-2-3-5-11/h6-7H,2-5H2,1H3. The fourth-order valence-electron chi connectivity index (χ4n) is 1.75. The van der Waals surface area contributed by atoms with E-state index in [4.69, 9.17) is 4.42 Å². The number of nitrogens with zero attached hydrogens (tertiary/aromatic N) is 1. The molecule has 0 amide bonds. The van der Waals surface area contributed by atoms with E-state index in [1.165, 1.54) is 12.8 Å². The van der Waals surface area contributed by atoms with E-state index in [0.29, 0.717) is 5.76 Å². The van der Waals surface area contributed by atoms with E-state index in [1.807, 2.05) is 6.07 Å². The van der Waals surface area contributed by atoms with Crippen LogP contribution in [0.15, 0.2) is 21.3 Å². The number of hydrogen-bond donors (Lipinski definition) is 0. The van der Waals surface area contributed by atoms with Crippen LogP contribution in [0.2, 0.25) is 0 Å². The van der Waals surface area contributed by atoms with Crippen molar-refractivity contribution in [3.05, 3.63) is 28.3 Å². The van der Waals surface area contributed by atoms with Gasteiger partial charge in [0.05, 0.1) is 0 Å². The molecule has 3 heteroatoms. The van der Waals surface area contributed by atoms with Gasteiger partial charge in [0.1, 0.15) is 5.76 Å². The molecule has 3 nitrogen and oxygen atoms in total. The molecule has 0 radical (unpaired) electrons. The lowest BCUT2D eigenvalue weighted by atomic mass is 10.3. The van der Waals surface area contributed by atoms with Gasteiger partial charge in [0.15, 0.2) is 0 Å². The van der Waals surface area contributed by atoms with Gasteiger partial charge < -0.3 is 9.32 Å². The van der Waals surface area contributed by atoms with Crippen LogP contribution >= 0.6 is 0 Å². The molecule has 1 fully saturated rings. The number of hydrogen-bond acceptors (Lipinski definition) is 3. The van der Waals surface area contributed by atoms with E-state index < -0.39 is 0 Å². The average Bonchev–Trinajstić information content (AvgIpc) is 2.53. The van der Waals surface area contributed by atoms with Gasteiger partial charge in [0.25, 0.3) is 0 Å². The zero-order chi connectivity index (χ0) is 9.26. The molecule has 0 spiro atoms. The van der Waals surface area contributed by atoms with Crippen LogP contribution in [0.1, 0.15) is 18.6 Å². The molecule has 2 rings (SSSR count). The van der Waals surface area contributed by atoms with Gasteiger partial charge in [-0.2, -0.15) is 0 Å². The Morgan fingerprint density at radius 1 is 1.31 bits per heavy atom. The molecule has 0 N–H and O–H groups in total. The van der Waals surface area contributed by atoms with Gasteiger partial charge in [-0.25, -0.2) is 4.79 Å². The molecule has 2 heterocycles. The smallest absolute Gasteiger partial charge is 0.337 e. The van der Waals surface area contributed by atoms with Crippen molar-refractivity contribution in [2.75, 3.05) is 18.0 Å². The molecule has 70 valence electrons. The first-order valence-corrected chi connectivity index (χ1v) is 4.62. The first-order chi connectivity index (χ1) is 6.25.